The van der Waals surface area contributed by atoms with Crippen LogP contribution in [-0.2, 0) is 9.14 Å². The summed E-state index contributed by atoms with van der Waals surface area (Å²) in [6.07, 6.45) is 0. The van der Waals surface area contributed by atoms with Crippen molar-refractivity contribution in [3.05, 3.63) is 36.4 Å². The van der Waals surface area contributed by atoms with E-state index >= 15 is 0 Å². The van der Waals surface area contributed by atoms with Crippen LogP contribution in [0, 0.1) is 0 Å². The SMILES string of the molecule is COc1ccc(OC)c(B(O)O[B]OB(O)c2cc(OC)ccc2OC)c1. The molecule has 0 spiro atoms. The highest BCUT2D eigenvalue weighted by Crippen LogP contribution is 2.17. The van der Waals surface area contributed by atoms with Gasteiger partial charge in [-0.2, -0.15) is 0 Å². The van der Waals surface area contributed by atoms with E-state index in [4.69, 9.17) is 28.1 Å². The molecule has 2 aromatic rings. The van der Waals surface area contributed by atoms with Crippen molar-refractivity contribution in [1.29, 1.82) is 0 Å². The first-order valence-corrected chi connectivity index (χ1v) is 7.96. The number of hydrogen-bond acceptors (Lipinski definition) is 8. The molecular formula is C16H20B3O8. The fourth-order valence-corrected chi connectivity index (χ4v) is 2.35. The lowest BCUT2D eigenvalue weighted by Crippen LogP contribution is -2.41. The summed E-state index contributed by atoms with van der Waals surface area (Å²) in [5.74, 6) is 1.87. The molecule has 0 aliphatic carbocycles. The monoisotopic (exact) mass is 373 g/mol. The third-order valence-corrected chi connectivity index (χ3v) is 3.77. The number of methoxy groups -OCH3 is 4. The molecule has 0 aliphatic rings. The molecule has 2 rings (SSSR count). The van der Waals surface area contributed by atoms with Crippen molar-refractivity contribution >= 4 is 32.8 Å². The Morgan fingerprint density at radius 1 is 0.667 bits per heavy atom. The van der Waals surface area contributed by atoms with E-state index in [9.17, 15) is 10.0 Å². The van der Waals surface area contributed by atoms with Crippen molar-refractivity contribution in [3.8, 4) is 23.0 Å². The van der Waals surface area contributed by atoms with Crippen LogP contribution >= 0.6 is 0 Å². The van der Waals surface area contributed by atoms with Gasteiger partial charge in [0.2, 0.25) is 0 Å². The largest absolute Gasteiger partial charge is 0.497 e. The van der Waals surface area contributed by atoms with Crippen molar-refractivity contribution in [2.75, 3.05) is 28.4 Å². The molecule has 141 valence electrons. The highest BCUT2D eigenvalue weighted by Gasteiger charge is 2.26. The van der Waals surface area contributed by atoms with Gasteiger partial charge in [-0.3, -0.25) is 0 Å². The number of benzene rings is 2. The molecule has 0 fully saturated rings. The van der Waals surface area contributed by atoms with E-state index in [0.717, 1.165) is 7.69 Å². The number of ether oxygens (including phenoxy) is 4. The summed E-state index contributed by atoms with van der Waals surface area (Å²) in [5.41, 5.74) is 0.676. The molecule has 0 saturated carbocycles. The van der Waals surface area contributed by atoms with Crippen LogP contribution in [0.4, 0.5) is 0 Å². The van der Waals surface area contributed by atoms with Crippen molar-refractivity contribution in [2.45, 2.75) is 0 Å². The Bertz CT molecular complexity index is 684. The Morgan fingerprint density at radius 2 is 1.07 bits per heavy atom. The molecule has 8 nitrogen and oxygen atoms in total. The van der Waals surface area contributed by atoms with Gasteiger partial charge in [0, 0.05) is 10.9 Å². The van der Waals surface area contributed by atoms with Crippen LogP contribution in [-0.4, -0.2) is 60.4 Å². The third kappa shape index (κ3) is 5.33. The van der Waals surface area contributed by atoms with Gasteiger partial charge in [-0.15, -0.1) is 0 Å². The van der Waals surface area contributed by atoms with Crippen LogP contribution in [0.25, 0.3) is 0 Å². The summed E-state index contributed by atoms with van der Waals surface area (Å²) in [6, 6.07) is 9.79. The van der Waals surface area contributed by atoms with E-state index in [1.165, 1.54) is 28.4 Å². The fraction of sp³-hybridized carbons (Fsp3) is 0.250. The molecule has 2 N–H and O–H groups in total. The topological polar surface area (TPSA) is 95.8 Å². The molecule has 0 bridgehead atoms. The fourth-order valence-electron chi connectivity index (χ4n) is 2.35. The molecule has 0 unspecified atom stereocenters. The first-order chi connectivity index (χ1) is 13.0. The smallest absolute Gasteiger partial charge is 0.481 e. The Kier molecular flexibility index (Phi) is 7.87. The van der Waals surface area contributed by atoms with Gasteiger partial charge in [0.05, 0.1) is 28.4 Å². The molecule has 1 radical (unpaired) electrons. The summed E-state index contributed by atoms with van der Waals surface area (Å²) in [6.45, 7) is 0. The summed E-state index contributed by atoms with van der Waals surface area (Å²) < 4.78 is 30.9. The lowest BCUT2D eigenvalue weighted by atomic mass is 9.75. The van der Waals surface area contributed by atoms with Crippen LogP contribution in [0.5, 0.6) is 23.0 Å². The van der Waals surface area contributed by atoms with Gasteiger partial charge < -0.3 is 38.1 Å². The van der Waals surface area contributed by atoms with Gasteiger partial charge in [-0.05, 0) is 36.4 Å². The average molecular weight is 373 g/mol. The summed E-state index contributed by atoms with van der Waals surface area (Å²) in [7, 11) is 4.00. The predicted molar refractivity (Wildman–Crippen MR) is 102 cm³/mol. The standard InChI is InChI=1S/C16H20B3O8/c1-22-11-5-7-15(24-3)13(9-11)18(20)26-17-27-19(21)14-10-12(23-2)6-8-16(14)25-4/h5-10,20-21H,1-4H3. The van der Waals surface area contributed by atoms with E-state index in [1.807, 2.05) is 0 Å². The molecule has 0 heterocycles. The molecule has 0 aliphatic heterocycles. The summed E-state index contributed by atoms with van der Waals surface area (Å²) in [4.78, 5) is 0. The maximum atomic E-state index is 10.2. The quantitative estimate of drug-likeness (QED) is 0.532. The minimum absolute atomic E-state index is 0.338. The third-order valence-electron chi connectivity index (χ3n) is 3.77. The van der Waals surface area contributed by atoms with Crippen LogP contribution in [0.15, 0.2) is 36.4 Å². The molecular weight excluding hydrogens is 353 g/mol. The zero-order valence-corrected chi connectivity index (χ0v) is 15.5. The highest BCUT2D eigenvalue weighted by molar-refractivity contribution is 6.69. The van der Waals surface area contributed by atoms with E-state index in [0.29, 0.717) is 33.9 Å². The zero-order chi connectivity index (χ0) is 19.8. The lowest BCUT2D eigenvalue weighted by molar-refractivity contribution is 0.362. The molecule has 27 heavy (non-hydrogen) atoms. The second-order valence-electron chi connectivity index (χ2n) is 5.29. The Labute approximate surface area is 159 Å². The van der Waals surface area contributed by atoms with Crippen molar-refractivity contribution in [1.82, 2.24) is 0 Å². The normalized spacial score (nSPS) is 10.1. The van der Waals surface area contributed by atoms with E-state index < -0.39 is 14.2 Å². The Hall–Kier alpha value is -2.33. The van der Waals surface area contributed by atoms with Gasteiger partial charge in [0.15, 0.2) is 0 Å². The van der Waals surface area contributed by atoms with Gasteiger partial charge in [0.25, 0.3) is 0 Å². The predicted octanol–water partition coefficient (Wildman–Crippen LogP) is -0.636. The second-order valence-corrected chi connectivity index (χ2v) is 5.29. The number of hydrogen-bond donors (Lipinski definition) is 2. The molecule has 2 aromatic carbocycles. The van der Waals surface area contributed by atoms with Crippen LogP contribution in [0.3, 0.4) is 0 Å². The van der Waals surface area contributed by atoms with Gasteiger partial charge >= 0.3 is 21.9 Å². The van der Waals surface area contributed by atoms with Crippen molar-refractivity contribution in [2.24, 2.45) is 0 Å². The van der Waals surface area contributed by atoms with Crippen LogP contribution in [0.1, 0.15) is 0 Å². The van der Waals surface area contributed by atoms with E-state index in [1.54, 1.807) is 36.4 Å². The molecule has 0 atom stereocenters. The Balaban J connectivity index is 2.02. The van der Waals surface area contributed by atoms with Gasteiger partial charge in [-0.1, -0.05) is 0 Å². The Morgan fingerprint density at radius 3 is 1.41 bits per heavy atom. The number of rotatable bonds is 10. The minimum Gasteiger partial charge on any atom is -0.497 e. The zero-order valence-electron chi connectivity index (χ0n) is 15.5. The molecule has 0 aromatic heterocycles. The first-order valence-electron chi connectivity index (χ1n) is 7.96. The maximum Gasteiger partial charge on any atom is 0.481 e. The molecule has 0 amide bonds. The maximum absolute atomic E-state index is 10.2. The molecule has 11 heteroatoms. The highest BCUT2D eigenvalue weighted by atomic mass is 16.6. The van der Waals surface area contributed by atoms with E-state index in [2.05, 4.69) is 0 Å². The van der Waals surface area contributed by atoms with Gasteiger partial charge in [-0.25, -0.2) is 0 Å². The first kappa shape index (κ1) is 21.0. The summed E-state index contributed by atoms with van der Waals surface area (Å²) in [5, 5.41) is 20.4. The van der Waals surface area contributed by atoms with E-state index in [-0.39, 0.29) is 0 Å². The lowest BCUT2D eigenvalue weighted by Gasteiger charge is -2.15. The van der Waals surface area contributed by atoms with Crippen LogP contribution in [0.2, 0.25) is 0 Å². The average Bonchev–Trinajstić information content (AvgIpc) is 2.72. The van der Waals surface area contributed by atoms with Crippen molar-refractivity contribution in [3.63, 3.8) is 0 Å². The minimum atomic E-state index is -1.39. The second kappa shape index (κ2) is 10.1. The van der Waals surface area contributed by atoms with Crippen LogP contribution < -0.4 is 29.9 Å². The summed E-state index contributed by atoms with van der Waals surface area (Å²) >= 11 is 0. The molecule has 0 saturated heterocycles. The van der Waals surface area contributed by atoms with Crippen molar-refractivity contribution < 1.29 is 38.1 Å². The van der Waals surface area contributed by atoms with Gasteiger partial charge in [0.1, 0.15) is 23.0 Å².